The van der Waals surface area contributed by atoms with Crippen LogP contribution in [0.25, 0.3) is 0 Å². The Morgan fingerprint density at radius 1 is 1.53 bits per heavy atom. The van der Waals surface area contributed by atoms with E-state index in [2.05, 4.69) is 40.3 Å². The van der Waals surface area contributed by atoms with Gasteiger partial charge in [0.2, 0.25) is 0 Å². The zero-order chi connectivity index (χ0) is 12.7. The van der Waals surface area contributed by atoms with Gasteiger partial charge >= 0.3 is 0 Å². The van der Waals surface area contributed by atoms with Gasteiger partial charge in [-0.15, -0.1) is 0 Å². The zero-order valence-electron chi connectivity index (χ0n) is 10.1. The second kappa shape index (κ2) is 7.75. The van der Waals surface area contributed by atoms with Crippen molar-refractivity contribution in [1.82, 2.24) is 5.32 Å². The second-order valence-electron chi connectivity index (χ2n) is 3.79. The Bertz CT molecular complexity index is 393. The summed E-state index contributed by atoms with van der Waals surface area (Å²) in [4.78, 5) is 0. The molecule has 0 saturated carbocycles. The number of rotatable bonds is 6. The van der Waals surface area contributed by atoms with Crippen molar-refractivity contribution in [2.75, 3.05) is 13.2 Å². The summed E-state index contributed by atoms with van der Waals surface area (Å²) < 4.78 is 6.60. The predicted octanol–water partition coefficient (Wildman–Crippen LogP) is 4.08. The molecule has 4 heteroatoms. The van der Waals surface area contributed by atoms with Gasteiger partial charge in [0.15, 0.2) is 0 Å². The molecule has 0 aliphatic carbocycles. The number of halogens is 2. The molecule has 0 saturated heterocycles. The standard InChI is InChI=1S/C13H17BrClNO/c1-3-16-8-11-4-5-13(12(14)6-11)17-9-10(2)7-15/h4-7,16H,3,8-9H2,1-2H3/b10-7+. The van der Waals surface area contributed by atoms with E-state index in [0.29, 0.717) is 6.61 Å². The normalized spacial score (nSPS) is 11.6. The van der Waals surface area contributed by atoms with Crippen molar-refractivity contribution >= 4 is 27.5 Å². The van der Waals surface area contributed by atoms with Crippen LogP contribution in [0.15, 0.2) is 33.8 Å². The monoisotopic (exact) mass is 317 g/mol. The average Bonchev–Trinajstić information content (AvgIpc) is 2.34. The molecule has 0 atom stereocenters. The van der Waals surface area contributed by atoms with E-state index >= 15 is 0 Å². The molecular weight excluding hydrogens is 302 g/mol. The number of nitrogens with one attached hydrogen (secondary N) is 1. The molecule has 0 aromatic heterocycles. The van der Waals surface area contributed by atoms with Gasteiger partial charge in [-0.25, -0.2) is 0 Å². The summed E-state index contributed by atoms with van der Waals surface area (Å²) in [6, 6.07) is 6.10. The quantitative estimate of drug-likeness (QED) is 0.853. The van der Waals surface area contributed by atoms with Gasteiger partial charge in [-0.2, -0.15) is 0 Å². The molecule has 0 heterocycles. The maximum Gasteiger partial charge on any atom is 0.133 e. The van der Waals surface area contributed by atoms with Crippen LogP contribution < -0.4 is 10.1 Å². The van der Waals surface area contributed by atoms with E-state index < -0.39 is 0 Å². The number of benzene rings is 1. The molecule has 1 rings (SSSR count). The third kappa shape index (κ3) is 5.11. The highest BCUT2D eigenvalue weighted by Gasteiger charge is 2.02. The Labute approximate surface area is 116 Å². The molecule has 2 nitrogen and oxygen atoms in total. The van der Waals surface area contributed by atoms with Crippen LogP contribution in [0.4, 0.5) is 0 Å². The lowest BCUT2D eigenvalue weighted by Crippen LogP contribution is -2.11. The van der Waals surface area contributed by atoms with E-state index in [-0.39, 0.29) is 0 Å². The first-order valence-corrected chi connectivity index (χ1v) is 6.78. The van der Waals surface area contributed by atoms with Gasteiger partial charge in [-0.3, -0.25) is 0 Å². The molecule has 1 aromatic carbocycles. The van der Waals surface area contributed by atoms with Crippen molar-refractivity contribution in [1.29, 1.82) is 0 Å². The molecular formula is C13H17BrClNO. The summed E-state index contributed by atoms with van der Waals surface area (Å²) in [5.74, 6) is 0.836. The van der Waals surface area contributed by atoms with Gasteiger partial charge in [-0.05, 0) is 52.7 Å². The van der Waals surface area contributed by atoms with E-state index in [1.165, 1.54) is 11.1 Å². The summed E-state index contributed by atoms with van der Waals surface area (Å²) >= 11 is 9.08. The van der Waals surface area contributed by atoms with Gasteiger partial charge in [0.25, 0.3) is 0 Å². The summed E-state index contributed by atoms with van der Waals surface area (Å²) in [5, 5.41) is 3.28. The Hall–Kier alpha value is -0.510. The van der Waals surface area contributed by atoms with Crippen molar-refractivity contribution in [2.45, 2.75) is 20.4 Å². The van der Waals surface area contributed by atoms with Crippen LogP contribution in [-0.4, -0.2) is 13.2 Å². The van der Waals surface area contributed by atoms with E-state index in [1.807, 2.05) is 13.0 Å². The molecule has 1 N–H and O–H groups in total. The summed E-state index contributed by atoms with van der Waals surface area (Å²) in [7, 11) is 0. The smallest absolute Gasteiger partial charge is 0.133 e. The van der Waals surface area contributed by atoms with E-state index in [9.17, 15) is 0 Å². The molecule has 0 fully saturated rings. The van der Waals surface area contributed by atoms with Crippen LogP contribution in [0.2, 0.25) is 0 Å². The summed E-state index contributed by atoms with van der Waals surface area (Å²) in [6.45, 7) is 6.37. The van der Waals surface area contributed by atoms with Gasteiger partial charge < -0.3 is 10.1 Å². The molecule has 0 bridgehead atoms. The van der Waals surface area contributed by atoms with Gasteiger partial charge in [0.05, 0.1) is 4.47 Å². The molecule has 0 aliphatic rings. The lowest BCUT2D eigenvalue weighted by Gasteiger charge is -2.10. The SMILES string of the molecule is CCNCc1ccc(OC/C(C)=C/Cl)c(Br)c1. The van der Waals surface area contributed by atoms with Crippen LogP contribution >= 0.6 is 27.5 Å². The lowest BCUT2D eigenvalue weighted by atomic mass is 10.2. The Kier molecular flexibility index (Phi) is 6.63. The van der Waals surface area contributed by atoms with Crippen LogP contribution in [-0.2, 0) is 6.54 Å². The lowest BCUT2D eigenvalue weighted by molar-refractivity contribution is 0.350. The van der Waals surface area contributed by atoms with Gasteiger partial charge in [0.1, 0.15) is 12.4 Å². The third-order valence-electron chi connectivity index (χ3n) is 2.22. The minimum atomic E-state index is 0.509. The van der Waals surface area contributed by atoms with Crippen molar-refractivity contribution in [3.63, 3.8) is 0 Å². The molecule has 0 unspecified atom stereocenters. The fourth-order valence-corrected chi connectivity index (χ4v) is 1.87. The van der Waals surface area contributed by atoms with E-state index in [4.69, 9.17) is 16.3 Å². The maximum atomic E-state index is 5.63. The summed E-state index contributed by atoms with van der Waals surface area (Å²) in [6.07, 6.45) is 0. The Balaban J connectivity index is 2.62. The van der Waals surface area contributed by atoms with Crippen LogP contribution in [0.3, 0.4) is 0 Å². The minimum absolute atomic E-state index is 0.509. The average molecular weight is 319 g/mol. The molecule has 17 heavy (non-hydrogen) atoms. The molecule has 94 valence electrons. The van der Waals surface area contributed by atoms with Crippen LogP contribution in [0.5, 0.6) is 5.75 Å². The fourth-order valence-electron chi connectivity index (χ4n) is 1.26. The van der Waals surface area contributed by atoms with Gasteiger partial charge in [-0.1, -0.05) is 24.6 Å². The van der Waals surface area contributed by atoms with E-state index in [0.717, 1.165) is 28.9 Å². The van der Waals surface area contributed by atoms with Crippen molar-refractivity contribution < 1.29 is 4.74 Å². The first kappa shape index (κ1) is 14.6. The topological polar surface area (TPSA) is 21.3 Å². The highest BCUT2D eigenvalue weighted by atomic mass is 79.9. The first-order valence-electron chi connectivity index (χ1n) is 5.55. The zero-order valence-corrected chi connectivity index (χ0v) is 12.4. The largest absolute Gasteiger partial charge is 0.488 e. The molecule has 0 radical (unpaired) electrons. The van der Waals surface area contributed by atoms with Crippen LogP contribution in [0.1, 0.15) is 19.4 Å². The number of ether oxygens (including phenoxy) is 1. The first-order chi connectivity index (χ1) is 8.17. The maximum absolute atomic E-state index is 5.63. The van der Waals surface area contributed by atoms with E-state index in [1.54, 1.807) is 0 Å². The highest BCUT2D eigenvalue weighted by Crippen LogP contribution is 2.26. The molecule has 1 aromatic rings. The highest BCUT2D eigenvalue weighted by molar-refractivity contribution is 9.10. The molecule has 0 spiro atoms. The molecule has 0 aliphatic heterocycles. The van der Waals surface area contributed by atoms with Crippen molar-refractivity contribution in [2.24, 2.45) is 0 Å². The third-order valence-corrected chi connectivity index (χ3v) is 3.21. The number of hydrogen-bond acceptors (Lipinski definition) is 2. The van der Waals surface area contributed by atoms with Crippen molar-refractivity contribution in [3.05, 3.63) is 39.3 Å². The molecule has 0 amide bonds. The van der Waals surface area contributed by atoms with Crippen molar-refractivity contribution in [3.8, 4) is 5.75 Å². The Morgan fingerprint density at radius 2 is 2.29 bits per heavy atom. The fraction of sp³-hybridized carbons (Fsp3) is 0.385. The minimum Gasteiger partial charge on any atom is -0.488 e. The second-order valence-corrected chi connectivity index (χ2v) is 4.86. The van der Waals surface area contributed by atoms with Crippen LogP contribution in [0, 0.1) is 0 Å². The predicted molar refractivity (Wildman–Crippen MR) is 76.6 cm³/mol. The van der Waals surface area contributed by atoms with Gasteiger partial charge in [0, 0.05) is 12.1 Å². The Morgan fingerprint density at radius 3 is 2.88 bits per heavy atom. The summed E-state index contributed by atoms with van der Waals surface area (Å²) in [5.41, 5.74) is 3.76. The number of hydrogen-bond donors (Lipinski definition) is 1.